The summed E-state index contributed by atoms with van der Waals surface area (Å²) in [5, 5.41) is 11.4. The standard InChI is InChI=1S/C22H24N4O4S.ClH/c1-24(2)13-4-14-25(22-23-19-11-10-18(30-3)15-20(19)31-22)21(27)12-7-16-5-8-17(9-6-16)26(28)29;/h5-12,15H,4,13-14H2,1-3H3;1H. The van der Waals surface area contributed by atoms with Crippen molar-refractivity contribution in [3.63, 3.8) is 0 Å². The summed E-state index contributed by atoms with van der Waals surface area (Å²) in [5.74, 6) is 0.550. The highest BCUT2D eigenvalue weighted by Crippen LogP contribution is 2.31. The first-order chi connectivity index (χ1) is 14.9. The number of nitro benzene ring substituents is 1. The third kappa shape index (κ3) is 6.49. The van der Waals surface area contributed by atoms with E-state index in [1.165, 1.54) is 29.5 Å². The first kappa shape index (κ1) is 25.3. The fraction of sp³-hybridized carbons (Fsp3) is 0.273. The summed E-state index contributed by atoms with van der Waals surface area (Å²) >= 11 is 1.44. The van der Waals surface area contributed by atoms with Crippen LogP contribution in [0.15, 0.2) is 48.5 Å². The zero-order chi connectivity index (χ0) is 22.4. The van der Waals surface area contributed by atoms with E-state index in [0.29, 0.717) is 17.2 Å². The van der Waals surface area contributed by atoms with Gasteiger partial charge in [-0.25, -0.2) is 4.98 Å². The van der Waals surface area contributed by atoms with Crippen LogP contribution in [0.5, 0.6) is 5.75 Å². The van der Waals surface area contributed by atoms with E-state index in [4.69, 9.17) is 4.74 Å². The van der Waals surface area contributed by atoms with Gasteiger partial charge in [0.05, 0.1) is 22.2 Å². The molecule has 0 saturated heterocycles. The molecular formula is C22H25ClN4O4S. The van der Waals surface area contributed by atoms with Crippen LogP contribution in [-0.2, 0) is 4.79 Å². The van der Waals surface area contributed by atoms with Gasteiger partial charge in [0.25, 0.3) is 11.6 Å². The van der Waals surface area contributed by atoms with Gasteiger partial charge in [-0.15, -0.1) is 12.4 Å². The van der Waals surface area contributed by atoms with Crippen LogP contribution < -0.4 is 9.64 Å². The maximum atomic E-state index is 13.0. The molecule has 0 fully saturated rings. The molecule has 0 aliphatic heterocycles. The Balaban J connectivity index is 0.00000363. The fourth-order valence-corrected chi connectivity index (χ4v) is 3.97. The van der Waals surface area contributed by atoms with E-state index < -0.39 is 4.92 Å². The van der Waals surface area contributed by atoms with E-state index in [2.05, 4.69) is 9.88 Å². The second kappa shape index (κ2) is 11.6. The highest BCUT2D eigenvalue weighted by atomic mass is 35.5. The highest BCUT2D eigenvalue weighted by Gasteiger charge is 2.18. The molecule has 0 aliphatic carbocycles. The van der Waals surface area contributed by atoms with Gasteiger partial charge in [0.15, 0.2) is 5.13 Å². The maximum absolute atomic E-state index is 13.0. The number of hydrogen-bond donors (Lipinski definition) is 0. The molecule has 3 rings (SSSR count). The number of nitro groups is 1. The summed E-state index contributed by atoms with van der Waals surface area (Å²) in [7, 11) is 5.60. The summed E-state index contributed by atoms with van der Waals surface area (Å²) < 4.78 is 6.22. The topological polar surface area (TPSA) is 88.8 Å². The quantitative estimate of drug-likeness (QED) is 0.254. The van der Waals surface area contributed by atoms with E-state index in [9.17, 15) is 14.9 Å². The Bertz CT molecular complexity index is 1100. The molecule has 32 heavy (non-hydrogen) atoms. The molecule has 0 bridgehead atoms. The zero-order valence-corrected chi connectivity index (χ0v) is 19.7. The normalized spacial score (nSPS) is 11.0. The molecule has 3 aromatic rings. The van der Waals surface area contributed by atoms with Crippen molar-refractivity contribution in [1.29, 1.82) is 0 Å². The Morgan fingerprint density at radius 1 is 1.19 bits per heavy atom. The number of ether oxygens (including phenoxy) is 1. The third-order valence-corrected chi connectivity index (χ3v) is 5.63. The van der Waals surface area contributed by atoms with Crippen molar-refractivity contribution in [1.82, 2.24) is 9.88 Å². The van der Waals surface area contributed by atoms with E-state index in [-0.39, 0.29) is 24.0 Å². The first-order valence-electron chi connectivity index (χ1n) is 9.70. The molecule has 0 saturated carbocycles. The Labute approximate surface area is 196 Å². The molecule has 1 heterocycles. The Kier molecular flexibility index (Phi) is 9.13. The van der Waals surface area contributed by atoms with Gasteiger partial charge in [-0.3, -0.25) is 19.8 Å². The number of carbonyl (C=O) groups excluding carboxylic acids is 1. The third-order valence-electron chi connectivity index (χ3n) is 4.59. The van der Waals surface area contributed by atoms with Crippen molar-refractivity contribution in [3.8, 4) is 5.75 Å². The number of fused-ring (bicyclic) bond motifs is 1. The van der Waals surface area contributed by atoms with Crippen LogP contribution in [0.4, 0.5) is 10.8 Å². The van der Waals surface area contributed by atoms with Gasteiger partial charge in [0.2, 0.25) is 0 Å². The molecule has 0 unspecified atom stereocenters. The molecule has 10 heteroatoms. The molecule has 0 aliphatic rings. The Morgan fingerprint density at radius 3 is 2.53 bits per heavy atom. The number of non-ortho nitro benzene ring substituents is 1. The van der Waals surface area contributed by atoms with Gasteiger partial charge in [-0.05, 0) is 69.0 Å². The molecule has 0 atom stereocenters. The average molecular weight is 477 g/mol. The fourth-order valence-electron chi connectivity index (χ4n) is 2.94. The van der Waals surface area contributed by atoms with E-state index >= 15 is 0 Å². The van der Waals surface area contributed by atoms with Gasteiger partial charge >= 0.3 is 0 Å². The number of amides is 1. The number of rotatable bonds is 9. The van der Waals surface area contributed by atoms with Crippen molar-refractivity contribution in [2.45, 2.75) is 6.42 Å². The number of carbonyl (C=O) groups is 1. The molecule has 170 valence electrons. The summed E-state index contributed by atoms with van der Waals surface area (Å²) in [6.45, 7) is 1.37. The lowest BCUT2D eigenvalue weighted by atomic mass is 10.2. The van der Waals surface area contributed by atoms with Crippen molar-refractivity contribution in [3.05, 3.63) is 64.2 Å². The molecule has 1 amide bonds. The molecule has 0 spiro atoms. The monoisotopic (exact) mass is 476 g/mol. The Morgan fingerprint density at radius 2 is 1.91 bits per heavy atom. The van der Waals surface area contributed by atoms with Gasteiger partial charge in [-0.2, -0.15) is 0 Å². The number of benzene rings is 2. The van der Waals surface area contributed by atoms with Crippen LogP contribution in [0.1, 0.15) is 12.0 Å². The molecule has 8 nitrogen and oxygen atoms in total. The van der Waals surface area contributed by atoms with Crippen molar-refractivity contribution >= 4 is 56.8 Å². The van der Waals surface area contributed by atoms with Crippen LogP contribution in [0.3, 0.4) is 0 Å². The van der Waals surface area contributed by atoms with Gasteiger partial charge in [-0.1, -0.05) is 11.3 Å². The van der Waals surface area contributed by atoms with Gasteiger partial charge in [0.1, 0.15) is 5.75 Å². The van der Waals surface area contributed by atoms with Crippen molar-refractivity contribution in [2.24, 2.45) is 0 Å². The predicted molar refractivity (Wildman–Crippen MR) is 131 cm³/mol. The van der Waals surface area contributed by atoms with E-state index in [1.807, 2.05) is 32.3 Å². The lowest BCUT2D eigenvalue weighted by Gasteiger charge is -2.19. The second-order valence-electron chi connectivity index (χ2n) is 7.16. The molecule has 2 aromatic carbocycles. The summed E-state index contributed by atoms with van der Waals surface area (Å²) in [6, 6.07) is 11.7. The maximum Gasteiger partial charge on any atom is 0.269 e. The number of anilines is 1. The highest BCUT2D eigenvalue weighted by molar-refractivity contribution is 7.22. The number of aromatic nitrogens is 1. The van der Waals surface area contributed by atoms with E-state index in [1.54, 1.807) is 30.2 Å². The lowest BCUT2D eigenvalue weighted by molar-refractivity contribution is -0.384. The number of halogens is 1. The summed E-state index contributed by atoms with van der Waals surface area (Å²) in [5.41, 5.74) is 1.53. The van der Waals surface area contributed by atoms with Gasteiger partial charge < -0.3 is 9.64 Å². The lowest BCUT2D eigenvalue weighted by Crippen LogP contribution is -2.32. The zero-order valence-electron chi connectivity index (χ0n) is 18.1. The Hall–Kier alpha value is -3.01. The largest absolute Gasteiger partial charge is 0.497 e. The van der Waals surface area contributed by atoms with Crippen LogP contribution in [0.2, 0.25) is 0 Å². The number of nitrogens with zero attached hydrogens (tertiary/aromatic N) is 4. The van der Waals surface area contributed by atoms with Crippen molar-refractivity contribution in [2.75, 3.05) is 39.2 Å². The number of methoxy groups -OCH3 is 1. The van der Waals surface area contributed by atoms with Crippen LogP contribution in [0, 0.1) is 10.1 Å². The van der Waals surface area contributed by atoms with Crippen molar-refractivity contribution < 1.29 is 14.5 Å². The second-order valence-corrected chi connectivity index (χ2v) is 8.17. The molecule has 1 aromatic heterocycles. The minimum atomic E-state index is -0.451. The molecule has 0 N–H and O–H groups in total. The van der Waals surface area contributed by atoms with Gasteiger partial charge in [0, 0.05) is 24.8 Å². The van der Waals surface area contributed by atoms with E-state index in [0.717, 1.165) is 28.9 Å². The smallest absolute Gasteiger partial charge is 0.269 e. The van der Waals surface area contributed by atoms with Crippen LogP contribution >= 0.6 is 23.7 Å². The van der Waals surface area contributed by atoms with Crippen LogP contribution in [0.25, 0.3) is 16.3 Å². The summed E-state index contributed by atoms with van der Waals surface area (Å²) in [6.07, 6.45) is 3.92. The molecule has 0 radical (unpaired) electrons. The minimum Gasteiger partial charge on any atom is -0.497 e. The van der Waals surface area contributed by atoms with Crippen LogP contribution in [-0.4, -0.2) is 55.0 Å². The molecular weight excluding hydrogens is 452 g/mol. The predicted octanol–water partition coefficient (Wildman–Crippen LogP) is 4.63. The number of hydrogen-bond acceptors (Lipinski definition) is 7. The SMILES string of the molecule is COc1ccc2nc(N(CCCN(C)C)C(=O)C=Cc3ccc([N+](=O)[O-])cc3)sc2c1.Cl. The number of thiazole rings is 1. The first-order valence-corrected chi connectivity index (χ1v) is 10.5. The minimum absolute atomic E-state index is 0. The summed E-state index contributed by atoms with van der Waals surface area (Å²) in [4.78, 5) is 31.7. The average Bonchev–Trinajstić information content (AvgIpc) is 3.17.